The summed E-state index contributed by atoms with van der Waals surface area (Å²) in [5, 5.41) is 6.92. The van der Waals surface area contributed by atoms with E-state index in [1.165, 1.54) is 24.5 Å². The van der Waals surface area contributed by atoms with Gasteiger partial charge in [0.2, 0.25) is 0 Å². The van der Waals surface area contributed by atoms with E-state index in [4.69, 9.17) is 4.74 Å². The van der Waals surface area contributed by atoms with E-state index >= 15 is 0 Å². The average molecular weight is 382 g/mol. The molecule has 8 nitrogen and oxygen atoms in total. The number of thiophene rings is 1. The molecule has 3 N–H and O–H groups in total. The summed E-state index contributed by atoms with van der Waals surface area (Å²) in [7, 11) is 1.52. The fraction of sp³-hybridized carbons (Fsp3) is 0.0556. The first kappa shape index (κ1) is 16.9. The number of anilines is 1. The van der Waals surface area contributed by atoms with Crippen molar-refractivity contribution in [2.75, 3.05) is 12.4 Å². The summed E-state index contributed by atoms with van der Waals surface area (Å²) in [6.07, 6.45) is 0. The zero-order chi connectivity index (χ0) is 19.0. The summed E-state index contributed by atoms with van der Waals surface area (Å²) < 4.78 is 6.15. The molecule has 0 fully saturated rings. The Balaban J connectivity index is 1.80. The predicted molar refractivity (Wildman–Crippen MR) is 103 cm³/mol. The van der Waals surface area contributed by atoms with Gasteiger partial charge in [0.1, 0.15) is 11.3 Å². The van der Waals surface area contributed by atoms with Gasteiger partial charge in [-0.1, -0.05) is 12.1 Å². The van der Waals surface area contributed by atoms with Crippen LogP contribution in [0.1, 0.15) is 10.4 Å². The van der Waals surface area contributed by atoms with Crippen LogP contribution in [0.15, 0.2) is 57.4 Å². The van der Waals surface area contributed by atoms with Crippen LogP contribution in [0.5, 0.6) is 5.75 Å². The molecule has 0 unspecified atom stereocenters. The lowest BCUT2D eigenvalue weighted by atomic mass is 10.2. The lowest BCUT2D eigenvalue weighted by molar-refractivity contribution is 0.102. The van der Waals surface area contributed by atoms with E-state index in [9.17, 15) is 14.4 Å². The molecular weight excluding hydrogens is 368 g/mol. The molecule has 0 saturated carbocycles. The summed E-state index contributed by atoms with van der Waals surface area (Å²) in [5.74, 6) is -0.0668. The van der Waals surface area contributed by atoms with Gasteiger partial charge in [0.05, 0.1) is 17.7 Å². The molecule has 0 aliphatic rings. The van der Waals surface area contributed by atoms with Gasteiger partial charge >= 0.3 is 0 Å². The number of aromatic amines is 2. The number of hydrogen-bond donors (Lipinski definition) is 3. The first-order chi connectivity index (χ1) is 13.1. The van der Waals surface area contributed by atoms with Crippen molar-refractivity contribution in [3.8, 4) is 16.3 Å². The minimum absolute atomic E-state index is 0.108. The van der Waals surface area contributed by atoms with Crippen molar-refractivity contribution < 1.29 is 9.53 Å². The molecule has 27 heavy (non-hydrogen) atoms. The van der Waals surface area contributed by atoms with Crippen LogP contribution >= 0.6 is 11.3 Å². The molecule has 4 rings (SSSR count). The number of benzene rings is 1. The number of aromatic nitrogens is 3. The van der Waals surface area contributed by atoms with Crippen molar-refractivity contribution in [1.29, 1.82) is 0 Å². The van der Waals surface area contributed by atoms with Crippen LogP contribution in [-0.4, -0.2) is 27.6 Å². The van der Waals surface area contributed by atoms with Crippen molar-refractivity contribution in [2.24, 2.45) is 0 Å². The van der Waals surface area contributed by atoms with Crippen LogP contribution in [0.4, 0.5) is 5.69 Å². The van der Waals surface area contributed by atoms with E-state index < -0.39 is 17.0 Å². The van der Waals surface area contributed by atoms with Gasteiger partial charge in [-0.3, -0.25) is 19.5 Å². The first-order valence-corrected chi connectivity index (χ1v) is 8.82. The average Bonchev–Trinajstić information content (AvgIpc) is 3.29. The molecule has 0 atom stereocenters. The highest BCUT2D eigenvalue weighted by Gasteiger charge is 2.20. The highest BCUT2D eigenvalue weighted by molar-refractivity contribution is 7.13. The summed E-state index contributed by atoms with van der Waals surface area (Å²) in [4.78, 5) is 41.2. The van der Waals surface area contributed by atoms with E-state index in [1.807, 2.05) is 17.5 Å². The van der Waals surface area contributed by atoms with Crippen LogP contribution < -0.4 is 21.2 Å². The third kappa shape index (κ3) is 3.04. The Labute approximate surface area is 156 Å². The number of amides is 1. The van der Waals surface area contributed by atoms with E-state index in [2.05, 4.69) is 15.4 Å². The molecule has 0 saturated heterocycles. The molecule has 4 aromatic rings. The number of nitrogens with one attached hydrogen (secondary N) is 3. The Hall–Kier alpha value is -3.59. The van der Waals surface area contributed by atoms with Gasteiger partial charge in [-0.25, -0.2) is 0 Å². The Morgan fingerprint density at radius 2 is 2.04 bits per heavy atom. The van der Waals surface area contributed by atoms with Crippen molar-refractivity contribution >= 4 is 28.6 Å². The first-order valence-electron chi connectivity index (χ1n) is 7.94. The zero-order valence-corrected chi connectivity index (χ0v) is 14.9. The molecule has 0 radical (unpaired) electrons. The highest BCUT2D eigenvalue weighted by Crippen LogP contribution is 2.22. The van der Waals surface area contributed by atoms with Crippen LogP contribution in [0, 0.1) is 0 Å². The van der Waals surface area contributed by atoms with Crippen molar-refractivity contribution in [3.05, 3.63) is 74.1 Å². The number of ether oxygens (including phenoxy) is 1. The molecule has 0 spiro atoms. The summed E-state index contributed by atoms with van der Waals surface area (Å²) >= 11 is 1.44. The Bertz CT molecular complexity index is 1250. The van der Waals surface area contributed by atoms with Crippen molar-refractivity contribution in [2.45, 2.75) is 0 Å². The van der Waals surface area contributed by atoms with Crippen molar-refractivity contribution in [3.63, 3.8) is 0 Å². The molecule has 0 bridgehead atoms. The second-order valence-electron chi connectivity index (χ2n) is 5.68. The number of nitrogens with zero attached hydrogens (tertiary/aromatic N) is 1. The molecule has 3 aromatic heterocycles. The van der Waals surface area contributed by atoms with E-state index in [0.29, 0.717) is 17.1 Å². The minimum atomic E-state index is -0.660. The summed E-state index contributed by atoms with van der Waals surface area (Å²) in [6.45, 7) is 0. The molecule has 1 aromatic carbocycles. The summed E-state index contributed by atoms with van der Waals surface area (Å²) in [6, 6.07) is 11.8. The van der Waals surface area contributed by atoms with Gasteiger partial charge in [0, 0.05) is 17.8 Å². The predicted octanol–water partition coefficient (Wildman–Crippen LogP) is 2.31. The van der Waals surface area contributed by atoms with Crippen LogP contribution in [0.25, 0.3) is 16.2 Å². The van der Waals surface area contributed by atoms with Gasteiger partial charge in [0.15, 0.2) is 5.65 Å². The Morgan fingerprint density at radius 3 is 2.78 bits per heavy atom. The van der Waals surface area contributed by atoms with Crippen LogP contribution in [0.3, 0.4) is 0 Å². The second kappa shape index (κ2) is 6.61. The lowest BCUT2D eigenvalue weighted by Crippen LogP contribution is -2.20. The molecule has 1 amide bonds. The molecule has 0 aliphatic carbocycles. The largest absolute Gasteiger partial charge is 0.497 e. The van der Waals surface area contributed by atoms with E-state index in [1.54, 1.807) is 24.3 Å². The standard InChI is InChI=1S/C18H14N4O4S/c1-26-11-5-2-4-10(8-11)19-17(24)15-16-20-12(13-6-3-7-27-13)9-14(23)22(16)21-18(15)25/h2-9,20H,1H3,(H,19,24)(H,21,25). The minimum Gasteiger partial charge on any atom is -0.497 e. The number of hydrogen-bond acceptors (Lipinski definition) is 5. The SMILES string of the molecule is COc1cccc(NC(=O)c2c(=O)[nH]n3c(=O)cc(-c4cccs4)[nH]c23)c1. The fourth-order valence-corrected chi connectivity index (χ4v) is 3.44. The van der Waals surface area contributed by atoms with Gasteiger partial charge < -0.3 is 15.0 Å². The third-order valence-electron chi connectivity index (χ3n) is 3.98. The monoisotopic (exact) mass is 382 g/mol. The second-order valence-corrected chi connectivity index (χ2v) is 6.63. The normalized spacial score (nSPS) is 10.9. The number of carbonyl (C=O) groups excluding carboxylic acids is 1. The van der Waals surface area contributed by atoms with E-state index in [-0.39, 0.29) is 11.2 Å². The molecule has 0 aliphatic heterocycles. The van der Waals surface area contributed by atoms with Gasteiger partial charge in [-0.2, -0.15) is 4.52 Å². The smallest absolute Gasteiger partial charge is 0.279 e. The molecule has 3 heterocycles. The Morgan fingerprint density at radius 1 is 1.19 bits per heavy atom. The molecular formula is C18H14N4O4S. The maximum atomic E-state index is 12.7. The molecule has 136 valence electrons. The maximum Gasteiger partial charge on any atom is 0.279 e. The zero-order valence-electron chi connectivity index (χ0n) is 14.1. The van der Waals surface area contributed by atoms with Crippen LogP contribution in [-0.2, 0) is 0 Å². The Kier molecular flexibility index (Phi) is 4.13. The van der Waals surface area contributed by atoms with Crippen molar-refractivity contribution in [1.82, 2.24) is 14.6 Å². The van der Waals surface area contributed by atoms with Gasteiger partial charge in [-0.05, 0) is 23.6 Å². The lowest BCUT2D eigenvalue weighted by Gasteiger charge is -2.06. The van der Waals surface area contributed by atoms with E-state index in [0.717, 1.165) is 9.39 Å². The number of H-pyrrole nitrogens is 2. The highest BCUT2D eigenvalue weighted by atomic mass is 32.1. The molecule has 9 heteroatoms. The number of carbonyl (C=O) groups is 1. The maximum absolute atomic E-state index is 12.7. The topological polar surface area (TPSA) is 108 Å². The van der Waals surface area contributed by atoms with Crippen LogP contribution in [0.2, 0.25) is 0 Å². The summed E-state index contributed by atoms with van der Waals surface area (Å²) in [5.41, 5.74) is -0.166. The number of rotatable bonds is 4. The third-order valence-corrected chi connectivity index (χ3v) is 4.89. The number of fused-ring (bicyclic) bond motifs is 1. The van der Waals surface area contributed by atoms with Gasteiger partial charge in [0.25, 0.3) is 17.0 Å². The quantitative estimate of drug-likeness (QED) is 0.503. The fourth-order valence-electron chi connectivity index (χ4n) is 2.74. The number of methoxy groups -OCH3 is 1. The van der Waals surface area contributed by atoms with Gasteiger partial charge in [-0.15, -0.1) is 11.3 Å².